The van der Waals surface area contributed by atoms with Gasteiger partial charge in [0.15, 0.2) is 0 Å². The molecule has 0 aliphatic rings. The van der Waals surface area contributed by atoms with Crippen LogP contribution in [0.4, 0.5) is 0 Å². The molecule has 4 heteroatoms. The van der Waals surface area contributed by atoms with Crippen LogP contribution < -0.4 is 5.73 Å². The highest BCUT2D eigenvalue weighted by atomic mass is 79.9. The first kappa shape index (κ1) is 11.2. The van der Waals surface area contributed by atoms with Crippen molar-refractivity contribution in [3.63, 3.8) is 0 Å². The third-order valence-corrected chi connectivity index (χ3v) is 2.81. The van der Waals surface area contributed by atoms with Crippen molar-refractivity contribution in [2.24, 2.45) is 5.73 Å². The molecule has 1 aromatic heterocycles. The quantitative estimate of drug-likeness (QED) is 0.938. The van der Waals surface area contributed by atoms with Crippen LogP contribution >= 0.6 is 15.9 Å². The lowest BCUT2D eigenvalue weighted by Crippen LogP contribution is -2.16. The standard InChI is InChI=1S/C12H12BrN3/c13-10-4-2-9(3-5-10)8-11(14)12-15-6-1-7-16-12/h1-7,11H,8,14H2. The Morgan fingerprint density at radius 1 is 1.12 bits per heavy atom. The molecular weight excluding hydrogens is 266 g/mol. The summed E-state index contributed by atoms with van der Waals surface area (Å²) in [4.78, 5) is 8.29. The Morgan fingerprint density at radius 3 is 2.38 bits per heavy atom. The van der Waals surface area contributed by atoms with Gasteiger partial charge in [-0.05, 0) is 30.2 Å². The lowest BCUT2D eigenvalue weighted by atomic mass is 10.1. The highest BCUT2D eigenvalue weighted by Crippen LogP contribution is 2.15. The van der Waals surface area contributed by atoms with Gasteiger partial charge in [-0.2, -0.15) is 0 Å². The van der Waals surface area contributed by atoms with Crippen molar-refractivity contribution in [3.8, 4) is 0 Å². The zero-order valence-corrected chi connectivity index (χ0v) is 10.3. The molecule has 0 amide bonds. The number of nitrogens with two attached hydrogens (primary N) is 1. The monoisotopic (exact) mass is 277 g/mol. The molecule has 1 aromatic carbocycles. The Balaban J connectivity index is 2.08. The van der Waals surface area contributed by atoms with Gasteiger partial charge in [-0.25, -0.2) is 9.97 Å². The maximum Gasteiger partial charge on any atom is 0.145 e. The van der Waals surface area contributed by atoms with Gasteiger partial charge in [-0.3, -0.25) is 0 Å². The van der Waals surface area contributed by atoms with E-state index in [-0.39, 0.29) is 6.04 Å². The van der Waals surface area contributed by atoms with Crippen LogP contribution in [0, 0.1) is 0 Å². The predicted octanol–water partition coefficient (Wildman–Crippen LogP) is 2.48. The zero-order chi connectivity index (χ0) is 11.4. The van der Waals surface area contributed by atoms with E-state index in [1.807, 2.05) is 24.3 Å². The van der Waals surface area contributed by atoms with Crippen LogP contribution in [0.15, 0.2) is 47.2 Å². The van der Waals surface area contributed by atoms with Gasteiger partial charge < -0.3 is 5.73 Å². The van der Waals surface area contributed by atoms with Crippen molar-refractivity contribution < 1.29 is 0 Å². The number of benzene rings is 1. The van der Waals surface area contributed by atoms with Crippen molar-refractivity contribution in [1.82, 2.24) is 9.97 Å². The van der Waals surface area contributed by atoms with Crippen LogP contribution in [0.25, 0.3) is 0 Å². The summed E-state index contributed by atoms with van der Waals surface area (Å²) in [6.07, 6.45) is 4.17. The van der Waals surface area contributed by atoms with E-state index < -0.39 is 0 Å². The number of hydrogen-bond acceptors (Lipinski definition) is 3. The van der Waals surface area contributed by atoms with Crippen LogP contribution in [0.2, 0.25) is 0 Å². The molecule has 2 rings (SSSR count). The number of hydrogen-bond donors (Lipinski definition) is 1. The second kappa shape index (κ2) is 5.18. The zero-order valence-electron chi connectivity index (χ0n) is 8.68. The molecule has 0 aliphatic heterocycles. The molecule has 3 nitrogen and oxygen atoms in total. The fourth-order valence-electron chi connectivity index (χ4n) is 1.47. The van der Waals surface area contributed by atoms with Crippen molar-refractivity contribution in [2.45, 2.75) is 12.5 Å². The van der Waals surface area contributed by atoms with Crippen LogP contribution in [0.5, 0.6) is 0 Å². The van der Waals surface area contributed by atoms with E-state index in [0.29, 0.717) is 5.82 Å². The molecule has 0 bridgehead atoms. The highest BCUT2D eigenvalue weighted by molar-refractivity contribution is 9.10. The van der Waals surface area contributed by atoms with Gasteiger partial charge in [0, 0.05) is 16.9 Å². The summed E-state index contributed by atoms with van der Waals surface area (Å²) >= 11 is 3.40. The molecule has 2 N–H and O–H groups in total. The van der Waals surface area contributed by atoms with Gasteiger partial charge in [0.05, 0.1) is 6.04 Å². The van der Waals surface area contributed by atoms with E-state index in [4.69, 9.17) is 5.73 Å². The summed E-state index contributed by atoms with van der Waals surface area (Å²) in [7, 11) is 0. The fraction of sp³-hybridized carbons (Fsp3) is 0.167. The average Bonchev–Trinajstić information content (AvgIpc) is 2.33. The number of halogens is 1. The van der Waals surface area contributed by atoms with Crippen molar-refractivity contribution in [1.29, 1.82) is 0 Å². The summed E-state index contributed by atoms with van der Waals surface area (Å²) in [6.45, 7) is 0. The minimum atomic E-state index is -0.151. The van der Waals surface area contributed by atoms with Crippen LogP contribution in [-0.4, -0.2) is 9.97 Å². The molecule has 1 unspecified atom stereocenters. The van der Waals surface area contributed by atoms with Crippen molar-refractivity contribution >= 4 is 15.9 Å². The van der Waals surface area contributed by atoms with Crippen LogP contribution in [0.1, 0.15) is 17.4 Å². The Hall–Kier alpha value is -1.26. The van der Waals surface area contributed by atoms with Gasteiger partial charge in [0.25, 0.3) is 0 Å². The lowest BCUT2D eigenvalue weighted by Gasteiger charge is -2.09. The average molecular weight is 278 g/mol. The van der Waals surface area contributed by atoms with E-state index in [9.17, 15) is 0 Å². The van der Waals surface area contributed by atoms with E-state index in [2.05, 4.69) is 25.9 Å². The maximum absolute atomic E-state index is 6.03. The van der Waals surface area contributed by atoms with Gasteiger partial charge in [-0.15, -0.1) is 0 Å². The third kappa shape index (κ3) is 2.87. The third-order valence-electron chi connectivity index (χ3n) is 2.29. The van der Waals surface area contributed by atoms with E-state index in [1.165, 1.54) is 5.56 Å². The van der Waals surface area contributed by atoms with Gasteiger partial charge >= 0.3 is 0 Å². The Bertz CT molecular complexity index is 442. The molecule has 2 aromatic rings. The summed E-state index contributed by atoms with van der Waals surface area (Å²) in [5.74, 6) is 0.686. The normalized spacial score (nSPS) is 12.4. The van der Waals surface area contributed by atoms with Crippen molar-refractivity contribution in [3.05, 3.63) is 58.6 Å². The molecule has 0 saturated heterocycles. The first-order valence-electron chi connectivity index (χ1n) is 5.02. The molecule has 0 radical (unpaired) electrons. The minimum absolute atomic E-state index is 0.151. The van der Waals surface area contributed by atoms with Crippen LogP contribution in [0.3, 0.4) is 0 Å². The van der Waals surface area contributed by atoms with Gasteiger partial charge in [-0.1, -0.05) is 28.1 Å². The first-order valence-corrected chi connectivity index (χ1v) is 5.82. The predicted molar refractivity (Wildman–Crippen MR) is 66.8 cm³/mol. The lowest BCUT2D eigenvalue weighted by molar-refractivity contribution is 0.667. The Kier molecular flexibility index (Phi) is 3.64. The second-order valence-electron chi connectivity index (χ2n) is 3.54. The number of nitrogens with zero attached hydrogens (tertiary/aromatic N) is 2. The topological polar surface area (TPSA) is 51.8 Å². The first-order chi connectivity index (χ1) is 7.75. The maximum atomic E-state index is 6.03. The molecule has 0 saturated carbocycles. The van der Waals surface area contributed by atoms with E-state index in [0.717, 1.165) is 10.9 Å². The Labute approximate surface area is 103 Å². The molecule has 0 fully saturated rings. The van der Waals surface area contributed by atoms with Gasteiger partial charge in [0.1, 0.15) is 5.82 Å². The summed E-state index contributed by atoms with van der Waals surface area (Å²) in [5, 5.41) is 0. The SMILES string of the molecule is NC(Cc1ccc(Br)cc1)c1ncccn1. The van der Waals surface area contributed by atoms with Gasteiger partial charge in [0.2, 0.25) is 0 Å². The Morgan fingerprint density at radius 2 is 1.75 bits per heavy atom. The number of aromatic nitrogens is 2. The smallest absolute Gasteiger partial charge is 0.145 e. The number of rotatable bonds is 3. The van der Waals surface area contributed by atoms with E-state index in [1.54, 1.807) is 18.5 Å². The molecule has 0 aliphatic carbocycles. The van der Waals surface area contributed by atoms with Crippen molar-refractivity contribution in [2.75, 3.05) is 0 Å². The summed E-state index contributed by atoms with van der Waals surface area (Å²) in [5.41, 5.74) is 7.21. The summed E-state index contributed by atoms with van der Waals surface area (Å²) < 4.78 is 1.07. The fourth-order valence-corrected chi connectivity index (χ4v) is 1.73. The minimum Gasteiger partial charge on any atom is -0.321 e. The molecule has 0 spiro atoms. The molecule has 1 atom stereocenters. The molecule has 16 heavy (non-hydrogen) atoms. The molecule has 82 valence electrons. The second-order valence-corrected chi connectivity index (χ2v) is 4.46. The highest BCUT2D eigenvalue weighted by Gasteiger charge is 2.08. The summed E-state index contributed by atoms with van der Waals surface area (Å²) in [6, 6.07) is 9.75. The van der Waals surface area contributed by atoms with Crippen LogP contribution in [-0.2, 0) is 6.42 Å². The van der Waals surface area contributed by atoms with E-state index >= 15 is 0 Å². The molecular formula is C12H12BrN3. The largest absolute Gasteiger partial charge is 0.321 e. The molecule has 1 heterocycles.